The van der Waals surface area contributed by atoms with E-state index in [1.165, 1.54) is 6.07 Å². The average Bonchev–Trinajstić information content (AvgIpc) is 3.54. The highest BCUT2D eigenvalue weighted by Crippen LogP contribution is 2.48. The number of hydrogen-bond acceptors (Lipinski definition) is 3. The van der Waals surface area contributed by atoms with E-state index in [2.05, 4.69) is 39.6 Å². The summed E-state index contributed by atoms with van der Waals surface area (Å²) in [5.41, 5.74) is 2.13. The van der Waals surface area contributed by atoms with Crippen LogP contribution in [-0.2, 0) is 5.41 Å². The number of aromatic nitrogens is 1. The quantitative estimate of drug-likeness (QED) is 0.563. The number of hydrogen-bond donors (Lipinski definition) is 2. The molecule has 1 aliphatic carbocycles. The van der Waals surface area contributed by atoms with Crippen LogP contribution in [0.1, 0.15) is 43.9 Å². The minimum absolute atomic E-state index is 0.00462. The van der Waals surface area contributed by atoms with Crippen molar-refractivity contribution in [3.05, 3.63) is 59.5 Å². The molecule has 2 N–H and O–H groups in total. The summed E-state index contributed by atoms with van der Waals surface area (Å²) in [5, 5.41) is 7.00. The van der Waals surface area contributed by atoms with Crippen molar-refractivity contribution in [1.29, 1.82) is 0 Å². The average molecular weight is 410 g/mol. The van der Waals surface area contributed by atoms with Crippen LogP contribution in [-0.4, -0.2) is 43.2 Å². The Morgan fingerprint density at radius 3 is 2.63 bits per heavy atom. The number of anilines is 1. The molecule has 1 aromatic carbocycles. The van der Waals surface area contributed by atoms with Gasteiger partial charge in [-0.25, -0.2) is 9.37 Å². The van der Waals surface area contributed by atoms with E-state index in [0.29, 0.717) is 12.6 Å². The molecular weight excluding hydrogens is 377 g/mol. The topological polar surface area (TPSA) is 52.6 Å². The molecule has 0 atom stereocenters. The van der Waals surface area contributed by atoms with Gasteiger partial charge in [-0.15, -0.1) is 0 Å². The fourth-order valence-electron chi connectivity index (χ4n) is 4.21. The summed E-state index contributed by atoms with van der Waals surface area (Å²) in [7, 11) is 0. The molecule has 160 valence electrons. The molecule has 4 rings (SSSR count). The van der Waals surface area contributed by atoms with Crippen LogP contribution in [0.25, 0.3) is 0 Å². The number of pyridine rings is 1. The number of piperidine rings is 1. The Labute approximate surface area is 178 Å². The van der Waals surface area contributed by atoms with Crippen molar-refractivity contribution >= 4 is 11.8 Å². The SMILES string of the molecule is CCNC(=NCC1(c2cccc(F)c2)CC1)NC1CCN(c2cccc(C)n2)CC1. The van der Waals surface area contributed by atoms with Crippen molar-refractivity contribution in [3.63, 3.8) is 0 Å². The highest BCUT2D eigenvalue weighted by molar-refractivity contribution is 5.80. The second-order valence-electron chi connectivity index (χ2n) is 8.53. The lowest BCUT2D eigenvalue weighted by molar-refractivity contribution is 0.459. The second-order valence-corrected chi connectivity index (χ2v) is 8.53. The molecule has 2 aliphatic rings. The van der Waals surface area contributed by atoms with Crippen molar-refractivity contribution in [1.82, 2.24) is 15.6 Å². The Kier molecular flexibility index (Phi) is 6.21. The predicted molar refractivity (Wildman–Crippen MR) is 121 cm³/mol. The van der Waals surface area contributed by atoms with E-state index in [0.717, 1.165) is 68.4 Å². The van der Waals surface area contributed by atoms with E-state index in [-0.39, 0.29) is 11.2 Å². The molecule has 2 aromatic rings. The summed E-state index contributed by atoms with van der Waals surface area (Å²) in [4.78, 5) is 11.9. The van der Waals surface area contributed by atoms with Crippen molar-refractivity contribution < 1.29 is 4.39 Å². The van der Waals surface area contributed by atoms with Crippen LogP contribution in [0.15, 0.2) is 47.5 Å². The Morgan fingerprint density at radius 2 is 1.97 bits per heavy atom. The Morgan fingerprint density at radius 1 is 1.20 bits per heavy atom. The van der Waals surface area contributed by atoms with E-state index in [4.69, 9.17) is 4.99 Å². The molecule has 0 unspecified atom stereocenters. The molecule has 1 aromatic heterocycles. The fraction of sp³-hybridized carbons (Fsp3) is 0.500. The number of aliphatic imine (C=N–C) groups is 1. The standard InChI is InChI=1S/C24H32FN5/c1-3-26-23(27-17-24(12-13-24)19-7-5-8-20(25)16-19)29-21-10-14-30(15-11-21)22-9-4-6-18(2)28-22/h4-9,16,21H,3,10-15,17H2,1-2H3,(H2,26,27,29). The van der Waals surface area contributed by atoms with Crippen LogP contribution in [0.5, 0.6) is 0 Å². The first kappa shape index (κ1) is 20.6. The van der Waals surface area contributed by atoms with Gasteiger partial charge in [0.2, 0.25) is 0 Å². The van der Waals surface area contributed by atoms with Crippen LogP contribution in [0.3, 0.4) is 0 Å². The van der Waals surface area contributed by atoms with Gasteiger partial charge in [0, 0.05) is 36.8 Å². The summed E-state index contributed by atoms with van der Waals surface area (Å²) in [6.45, 7) is 7.61. The summed E-state index contributed by atoms with van der Waals surface area (Å²) < 4.78 is 13.7. The predicted octanol–water partition coefficient (Wildman–Crippen LogP) is 3.78. The van der Waals surface area contributed by atoms with Crippen molar-refractivity contribution in [2.75, 3.05) is 31.1 Å². The van der Waals surface area contributed by atoms with Crippen LogP contribution < -0.4 is 15.5 Å². The van der Waals surface area contributed by atoms with Gasteiger partial charge < -0.3 is 15.5 Å². The summed E-state index contributed by atoms with van der Waals surface area (Å²) >= 11 is 0. The summed E-state index contributed by atoms with van der Waals surface area (Å²) in [6, 6.07) is 13.6. The van der Waals surface area contributed by atoms with Crippen LogP contribution in [0.4, 0.5) is 10.2 Å². The molecule has 1 saturated heterocycles. The number of aryl methyl sites for hydroxylation is 1. The molecule has 1 saturated carbocycles. The number of benzene rings is 1. The van der Waals surface area contributed by atoms with Gasteiger partial charge in [0.05, 0.1) is 6.54 Å². The Hall–Kier alpha value is -2.63. The number of halogens is 1. The zero-order valence-corrected chi connectivity index (χ0v) is 18.0. The molecule has 5 nitrogen and oxygen atoms in total. The first-order valence-corrected chi connectivity index (χ1v) is 11.1. The van der Waals surface area contributed by atoms with E-state index < -0.39 is 0 Å². The molecule has 2 fully saturated rings. The van der Waals surface area contributed by atoms with E-state index in [1.807, 2.05) is 19.1 Å². The lowest BCUT2D eigenvalue weighted by Crippen LogP contribution is -2.49. The lowest BCUT2D eigenvalue weighted by atomic mass is 9.96. The molecule has 0 amide bonds. The van der Waals surface area contributed by atoms with Crippen LogP contribution in [0, 0.1) is 12.7 Å². The molecule has 2 heterocycles. The zero-order valence-electron chi connectivity index (χ0n) is 18.0. The Balaban J connectivity index is 1.35. The molecule has 0 bridgehead atoms. The van der Waals surface area contributed by atoms with E-state index >= 15 is 0 Å². The summed E-state index contributed by atoms with van der Waals surface area (Å²) in [6.07, 6.45) is 4.24. The number of nitrogens with one attached hydrogen (secondary N) is 2. The lowest BCUT2D eigenvalue weighted by Gasteiger charge is -2.34. The summed E-state index contributed by atoms with van der Waals surface area (Å²) in [5.74, 6) is 1.77. The van der Waals surface area contributed by atoms with Gasteiger partial charge >= 0.3 is 0 Å². The zero-order chi connectivity index (χ0) is 21.0. The van der Waals surface area contributed by atoms with E-state index in [9.17, 15) is 4.39 Å². The van der Waals surface area contributed by atoms with Crippen molar-refractivity contribution in [2.24, 2.45) is 4.99 Å². The third-order valence-corrected chi connectivity index (χ3v) is 6.21. The normalized spacial score (nSPS) is 18.9. The fourth-order valence-corrected chi connectivity index (χ4v) is 4.21. The largest absolute Gasteiger partial charge is 0.357 e. The van der Waals surface area contributed by atoms with Crippen LogP contribution >= 0.6 is 0 Å². The molecule has 30 heavy (non-hydrogen) atoms. The minimum atomic E-state index is -0.164. The molecule has 0 radical (unpaired) electrons. The Bertz CT molecular complexity index is 885. The van der Waals surface area contributed by atoms with Crippen molar-refractivity contribution in [3.8, 4) is 0 Å². The maximum atomic E-state index is 13.7. The van der Waals surface area contributed by atoms with Crippen LogP contribution in [0.2, 0.25) is 0 Å². The maximum Gasteiger partial charge on any atom is 0.191 e. The third-order valence-electron chi connectivity index (χ3n) is 6.21. The van der Waals surface area contributed by atoms with Crippen molar-refractivity contribution in [2.45, 2.75) is 51.0 Å². The van der Waals surface area contributed by atoms with E-state index in [1.54, 1.807) is 12.1 Å². The molecule has 0 spiro atoms. The number of rotatable bonds is 6. The first-order valence-electron chi connectivity index (χ1n) is 11.1. The third kappa shape index (κ3) is 4.91. The highest BCUT2D eigenvalue weighted by Gasteiger charge is 2.44. The molecule has 1 aliphatic heterocycles. The number of guanidine groups is 1. The van der Waals surface area contributed by atoms with Gasteiger partial charge in [0.15, 0.2) is 5.96 Å². The smallest absolute Gasteiger partial charge is 0.191 e. The van der Waals surface area contributed by atoms with Gasteiger partial charge in [-0.2, -0.15) is 0 Å². The first-order chi connectivity index (χ1) is 14.6. The second kappa shape index (κ2) is 9.02. The van der Waals surface area contributed by atoms with Gasteiger partial charge in [-0.05, 0) is 69.4 Å². The van der Waals surface area contributed by atoms with Gasteiger partial charge in [0.25, 0.3) is 0 Å². The van der Waals surface area contributed by atoms with Gasteiger partial charge in [0.1, 0.15) is 11.6 Å². The highest BCUT2D eigenvalue weighted by atomic mass is 19.1. The minimum Gasteiger partial charge on any atom is -0.357 e. The number of nitrogens with zero attached hydrogens (tertiary/aromatic N) is 3. The molecular formula is C24H32FN5. The van der Waals surface area contributed by atoms with Gasteiger partial charge in [-0.3, -0.25) is 4.99 Å². The molecule has 6 heteroatoms. The maximum absolute atomic E-state index is 13.7. The van der Waals surface area contributed by atoms with Gasteiger partial charge in [-0.1, -0.05) is 18.2 Å². The monoisotopic (exact) mass is 409 g/mol.